The molecule has 0 radical (unpaired) electrons. The van der Waals surface area contributed by atoms with E-state index in [1.54, 1.807) is 0 Å². The molecule has 0 fully saturated rings. The SMILES string of the molecule is O=CC1/C=C\CCCCCCCC1. The van der Waals surface area contributed by atoms with E-state index in [9.17, 15) is 4.79 Å². The van der Waals surface area contributed by atoms with Crippen molar-refractivity contribution in [2.45, 2.75) is 51.4 Å². The van der Waals surface area contributed by atoms with Crippen LogP contribution in [0.25, 0.3) is 0 Å². The molecule has 0 bridgehead atoms. The summed E-state index contributed by atoms with van der Waals surface area (Å²) >= 11 is 0. The smallest absolute Gasteiger partial charge is 0.126 e. The van der Waals surface area contributed by atoms with E-state index in [0.29, 0.717) is 0 Å². The highest BCUT2D eigenvalue weighted by atomic mass is 16.1. The van der Waals surface area contributed by atoms with Gasteiger partial charge in [0.2, 0.25) is 0 Å². The number of rotatable bonds is 1. The van der Waals surface area contributed by atoms with Crippen molar-refractivity contribution in [2.24, 2.45) is 5.92 Å². The van der Waals surface area contributed by atoms with Crippen LogP contribution in [-0.4, -0.2) is 6.29 Å². The van der Waals surface area contributed by atoms with Gasteiger partial charge in [0.25, 0.3) is 0 Å². The normalized spacial score (nSPS) is 28.8. The lowest BCUT2D eigenvalue weighted by atomic mass is 10.0. The van der Waals surface area contributed by atoms with Crippen molar-refractivity contribution in [3.63, 3.8) is 0 Å². The van der Waals surface area contributed by atoms with Crippen molar-refractivity contribution >= 4 is 6.29 Å². The lowest BCUT2D eigenvalue weighted by Gasteiger charge is -2.03. The van der Waals surface area contributed by atoms with Crippen LogP contribution in [0.4, 0.5) is 0 Å². The Hall–Kier alpha value is -0.590. The maximum absolute atomic E-state index is 10.7. The quantitative estimate of drug-likeness (QED) is 0.446. The molecule has 1 rings (SSSR count). The van der Waals surface area contributed by atoms with E-state index in [2.05, 4.69) is 12.2 Å². The van der Waals surface area contributed by atoms with Crippen LogP contribution in [0.3, 0.4) is 0 Å². The number of allylic oxidation sites excluding steroid dienone is 2. The Bertz CT molecular complexity index is 161. The Kier molecular flexibility index (Phi) is 5.55. The zero-order valence-corrected chi connectivity index (χ0v) is 8.37. The van der Waals surface area contributed by atoms with Gasteiger partial charge in [0, 0.05) is 5.92 Å². The summed E-state index contributed by atoms with van der Waals surface area (Å²) in [5.74, 6) is 0.193. The van der Waals surface area contributed by atoms with Gasteiger partial charge in [0.05, 0.1) is 0 Å². The number of aldehydes is 1. The van der Waals surface area contributed by atoms with Crippen molar-refractivity contribution < 1.29 is 4.79 Å². The van der Waals surface area contributed by atoms with Gasteiger partial charge in [-0.3, -0.25) is 0 Å². The fourth-order valence-electron chi connectivity index (χ4n) is 1.83. The largest absolute Gasteiger partial charge is 0.303 e. The molecule has 0 N–H and O–H groups in total. The van der Waals surface area contributed by atoms with Crippen LogP contribution in [0.15, 0.2) is 12.2 Å². The molecule has 1 atom stereocenters. The molecule has 74 valence electrons. The molecule has 0 aromatic carbocycles. The number of carbonyl (C=O) groups is 1. The zero-order chi connectivity index (χ0) is 9.36. The molecular formula is C12H20O. The van der Waals surface area contributed by atoms with E-state index in [-0.39, 0.29) is 5.92 Å². The highest BCUT2D eigenvalue weighted by molar-refractivity contribution is 5.56. The molecule has 0 spiro atoms. The van der Waals surface area contributed by atoms with Crippen molar-refractivity contribution in [2.75, 3.05) is 0 Å². The first kappa shape index (κ1) is 10.5. The third-order valence-corrected chi connectivity index (χ3v) is 2.72. The molecule has 13 heavy (non-hydrogen) atoms. The van der Waals surface area contributed by atoms with Gasteiger partial charge in [0.15, 0.2) is 0 Å². The Morgan fingerprint density at radius 2 is 1.69 bits per heavy atom. The lowest BCUT2D eigenvalue weighted by Crippen LogP contribution is -1.97. The molecule has 0 amide bonds. The predicted octanol–water partition coefficient (Wildman–Crippen LogP) is 3.49. The van der Waals surface area contributed by atoms with E-state index in [0.717, 1.165) is 19.1 Å². The highest BCUT2D eigenvalue weighted by Gasteiger charge is 2.02. The van der Waals surface area contributed by atoms with Gasteiger partial charge >= 0.3 is 0 Å². The fraction of sp³-hybridized carbons (Fsp3) is 0.750. The summed E-state index contributed by atoms with van der Waals surface area (Å²) in [7, 11) is 0. The van der Waals surface area contributed by atoms with Crippen molar-refractivity contribution in [1.29, 1.82) is 0 Å². The highest BCUT2D eigenvalue weighted by Crippen LogP contribution is 2.15. The van der Waals surface area contributed by atoms with Gasteiger partial charge < -0.3 is 4.79 Å². The maximum atomic E-state index is 10.7. The summed E-state index contributed by atoms with van der Waals surface area (Å²) in [6.45, 7) is 0. The standard InChI is InChI=1S/C12H20O/c13-11-12-9-7-5-3-1-2-4-6-8-10-12/h7,9,11-12H,1-6,8,10H2/b9-7-. The summed E-state index contributed by atoms with van der Waals surface area (Å²) in [4.78, 5) is 10.7. The summed E-state index contributed by atoms with van der Waals surface area (Å²) < 4.78 is 0. The van der Waals surface area contributed by atoms with Crippen molar-refractivity contribution in [1.82, 2.24) is 0 Å². The third kappa shape index (κ3) is 4.87. The molecular weight excluding hydrogens is 160 g/mol. The summed E-state index contributed by atoms with van der Waals surface area (Å²) in [6, 6.07) is 0. The van der Waals surface area contributed by atoms with Crippen LogP contribution in [0, 0.1) is 5.92 Å². The molecule has 0 heterocycles. The molecule has 0 saturated heterocycles. The number of hydrogen-bond donors (Lipinski definition) is 0. The maximum Gasteiger partial charge on any atom is 0.126 e. The van der Waals surface area contributed by atoms with E-state index in [1.165, 1.54) is 38.5 Å². The second-order valence-electron chi connectivity index (χ2n) is 3.93. The third-order valence-electron chi connectivity index (χ3n) is 2.72. The molecule has 0 aliphatic heterocycles. The Labute approximate surface area is 81.2 Å². The average Bonchev–Trinajstić information content (AvgIpc) is 2.22. The van der Waals surface area contributed by atoms with Crippen molar-refractivity contribution in [3.05, 3.63) is 12.2 Å². The molecule has 1 unspecified atom stereocenters. The zero-order valence-electron chi connectivity index (χ0n) is 8.37. The second kappa shape index (κ2) is 6.88. The van der Waals surface area contributed by atoms with Crippen LogP contribution in [0.2, 0.25) is 0 Å². The Morgan fingerprint density at radius 1 is 1.00 bits per heavy atom. The van der Waals surface area contributed by atoms with Gasteiger partial charge in [-0.25, -0.2) is 0 Å². The molecule has 1 heteroatoms. The second-order valence-corrected chi connectivity index (χ2v) is 3.93. The topological polar surface area (TPSA) is 17.1 Å². The number of carbonyl (C=O) groups excluding carboxylic acids is 1. The fourth-order valence-corrected chi connectivity index (χ4v) is 1.83. The van der Waals surface area contributed by atoms with Gasteiger partial charge in [-0.05, 0) is 19.3 Å². The predicted molar refractivity (Wildman–Crippen MR) is 55.6 cm³/mol. The molecule has 1 aliphatic rings. The Balaban J connectivity index is 2.33. The van der Waals surface area contributed by atoms with Crippen LogP contribution in [0.5, 0.6) is 0 Å². The van der Waals surface area contributed by atoms with Gasteiger partial charge in [0.1, 0.15) is 6.29 Å². The van der Waals surface area contributed by atoms with E-state index in [1.807, 2.05) is 0 Å². The van der Waals surface area contributed by atoms with E-state index in [4.69, 9.17) is 0 Å². The van der Waals surface area contributed by atoms with Gasteiger partial charge in [-0.2, -0.15) is 0 Å². The van der Waals surface area contributed by atoms with Gasteiger partial charge in [-0.15, -0.1) is 0 Å². The van der Waals surface area contributed by atoms with Crippen LogP contribution in [-0.2, 0) is 4.79 Å². The monoisotopic (exact) mass is 180 g/mol. The van der Waals surface area contributed by atoms with E-state index >= 15 is 0 Å². The molecule has 0 aromatic heterocycles. The minimum atomic E-state index is 0.193. The summed E-state index contributed by atoms with van der Waals surface area (Å²) in [6.07, 6.45) is 15.5. The lowest BCUT2D eigenvalue weighted by molar-refractivity contribution is -0.110. The first-order valence-corrected chi connectivity index (χ1v) is 5.55. The van der Waals surface area contributed by atoms with Gasteiger partial charge in [-0.1, -0.05) is 44.3 Å². The first-order chi connectivity index (χ1) is 6.43. The molecule has 1 aliphatic carbocycles. The van der Waals surface area contributed by atoms with Crippen molar-refractivity contribution in [3.8, 4) is 0 Å². The molecule has 1 nitrogen and oxygen atoms in total. The average molecular weight is 180 g/mol. The Morgan fingerprint density at radius 3 is 2.46 bits per heavy atom. The molecule has 0 saturated carbocycles. The first-order valence-electron chi connectivity index (χ1n) is 5.55. The molecule has 0 aromatic rings. The summed E-state index contributed by atoms with van der Waals surface area (Å²) in [5.41, 5.74) is 0. The summed E-state index contributed by atoms with van der Waals surface area (Å²) in [5, 5.41) is 0. The van der Waals surface area contributed by atoms with Crippen LogP contribution < -0.4 is 0 Å². The minimum absolute atomic E-state index is 0.193. The number of hydrogen-bond acceptors (Lipinski definition) is 1. The van der Waals surface area contributed by atoms with Crippen LogP contribution >= 0.6 is 0 Å². The van der Waals surface area contributed by atoms with E-state index < -0.39 is 0 Å². The minimum Gasteiger partial charge on any atom is -0.303 e. The van der Waals surface area contributed by atoms with Crippen LogP contribution in [0.1, 0.15) is 51.4 Å².